The van der Waals surface area contributed by atoms with Gasteiger partial charge in [-0.05, 0) is 30.2 Å². The van der Waals surface area contributed by atoms with Gasteiger partial charge in [-0.15, -0.1) is 24.0 Å². The molecule has 3 N–H and O–H groups in total. The van der Waals surface area contributed by atoms with Gasteiger partial charge in [0.25, 0.3) is 5.69 Å². The van der Waals surface area contributed by atoms with Crippen LogP contribution in [0.2, 0.25) is 0 Å². The van der Waals surface area contributed by atoms with Gasteiger partial charge in [0.15, 0.2) is 17.5 Å². The highest BCUT2D eigenvalue weighted by Gasteiger charge is 2.11. The molecule has 0 bridgehead atoms. The van der Waals surface area contributed by atoms with Crippen LogP contribution < -0.4 is 25.4 Å². The molecule has 0 aliphatic heterocycles. The summed E-state index contributed by atoms with van der Waals surface area (Å²) in [7, 11) is 4.92. The summed E-state index contributed by atoms with van der Waals surface area (Å²) in [5.74, 6) is 2.07. The first-order valence-corrected chi connectivity index (χ1v) is 9.21. The fourth-order valence-electron chi connectivity index (χ4n) is 2.74. The van der Waals surface area contributed by atoms with Crippen LogP contribution in [0.3, 0.4) is 0 Å². The molecule has 0 saturated heterocycles. The molecular weight excluding hydrogens is 501 g/mol. The molecule has 0 atom stereocenters. The first-order valence-electron chi connectivity index (χ1n) is 9.21. The van der Waals surface area contributed by atoms with E-state index >= 15 is 0 Å². The maximum Gasteiger partial charge on any atom is 0.292 e. The molecule has 0 radical (unpaired) electrons. The van der Waals surface area contributed by atoms with Crippen LogP contribution in [0.4, 0.5) is 11.4 Å². The van der Waals surface area contributed by atoms with Gasteiger partial charge in [-0.25, -0.2) is 0 Å². The number of nitro benzene ring substituents is 1. The Labute approximate surface area is 193 Å². The summed E-state index contributed by atoms with van der Waals surface area (Å²) in [5.41, 5.74) is 1.67. The summed E-state index contributed by atoms with van der Waals surface area (Å²) in [5, 5.41) is 20.5. The van der Waals surface area contributed by atoms with Crippen LogP contribution in [0.15, 0.2) is 47.5 Å². The lowest BCUT2D eigenvalue weighted by Gasteiger charge is -2.13. The number of benzene rings is 2. The summed E-state index contributed by atoms with van der Waals surface area (Å²) in [6.07, 6.45) is 0.787. The fraction of sp³-hybridized carbons (Fsp3) is 0.350. The van der Waals surface area contributed by atoms with Crippen molar-refractivity contribution in [3.05, 3.63) is 58.1 Å². The molecule has 2 rings (SSSR count). The second-order valence-electron chi connectivity index (χ2n) is 6.07. The topological polar surface area (TPSA) is 110 Å². The van der Waals surface area contributed by atoms with Crippen molar-refractivity contribution in [2.45, 2.75) is 6.42 Å². The zero-order chi connectivity index (χ0) is 21.1. The molecule has 2 aromatic carbocycles. The smallest absolute Gasteiger partial charge is 0.292 e. The average molecular weight is 529 g/mol. The molecular formula is C20H28IN5O4. The normalized spacial score (nSPS) is 10.6. The van der Waals surface area contributed by atoms with Crippen molar-refractivity contribution in [1.29, 1.82) is 0 Å². The third-order valence-corrected chi connectivity index (χ3v) is 4.21. The van der Waals surface area contributed by atoms with Gasteiger partial charge < -0.3 is 25.4 Å². The average Bonchev–Trinajstić information content (AvgIpc) is 2.75. The van der Waals surface area contributed by atoms with Gasteiger partial charge in [0.2, 0.25) is 0 Å². The SMILES string of the molecule is CN=C(NCCNc1ccccc1[N+](=O)[O-])NCCc1ccc(OC)c(OC)c1.I. The predicted octanol–water partition coefficient (Wildman–Crippen LogP) is 3.05. The molecule has 30 heavy (non-hydrogen) atoms. The number of nitrogens with zero attached hydrogens (tertiary/aromatic N) is 2. The van der Waals surface area contributed by atoms with Crippen LogP contribution >= 0.6 is 24.0 Å². The third kappa shape index (κ3) is 7.58. The Morgan fingerprint density at radius 1 is 1.03 bits per heavy atom. The van der Waals surface area contributed by atoms with E-state index in [9.17, 15) is 10.1 Å². The molecule has 0 spiro atoms. The molecule has 0 fully saturated rings. The lowest BCUT2D eigenvalue weighted by Crippen LogP contribution is -2.40. The lowest BCUT2D eigenvalue weighted by molar-refractivity contribution is -0.384. The second-order valence-corrected chi connectivity index (χ2v) is 6.07. The Hall–Kier alpha value is -2.76. The first kappa shape index (κ1) is 25.3. The van der Waals surface area contributed by atoms with Crippen molar-refractivity contribution in [3.8, 4) is 11.5 Å². The van der Waals surface area contributed by atoms with E-state index in [-0.39, 0.29) is 29.7 Å². The summed E-state index contributed by atoms with van der Waals surface area (Å²) in [6.45, 7) is 1.76. The number of nitro groups is 1. The summed E-state index contributed by atoms with van der Waals surface area (Å²) < 4.78 is 10.6. The molecule has 0 aliphatic rings. The van der Waals surface area contributed by atoms with Crippen LogP contribution in [-0.2, 0) is 6.42 Å². The van der Waals surface area contributed by atoms with Crippen molar-refractivity contribution in [3.63, 3.8) is 0 Å². The minimum atomic E-state index is -0.398. The molecule has 10 heteroatoms. The number of guanidine groups is 1. The number of rotatable bonds is 10. The number of anilines is 1. The minimum Gasteiger partial charge on any atom is -0.493 e. The highest BCUT2D eigenvalue weighted by Crippen LogP contribution is 2.27. The number of halogens is 1. The van der Waals surface area contributed by atoms with Crippen molar-refractivity contribution >= 4 is 41.3 Å². The van der Waals surface area contributed by atoms with Crippen LogP contribution in [0.5, 0.6) is 11.5 Å². The molecule has 0 saturated carbocycles. The van der Waals surface area contributed by atoms with Crippen LogP contribution in [0.1, 0.15) is 5.56 Å². The standard InChI is InChI=1S/C20H27N5O4.HI/c1-21-20(23-11-10-15-8-9-18(28-2)19(14-15)29-3)24-13-12-22-16-6-4-5-7-17(16)25(26)27;/h4-9,14,22H,10-13H2,1-3H3,(H2,21,23,24);1H. The number of methoxy groups -OCH3 is 2. The van der Waals surface area contributed by atoms with E-state index in [0.717, 1.165) is 12.0 Å². The van der Waals surface area contributed by atoms with E-state index in [4.69, 9.17) is 9.47 Å². The fourth-order valence-corrected chi connectivity index (χ4v) is 2.74. The number of ether oxygens (including phenoxy) is 2. The van der Waals surface area contributed by atoms with Gasteiger partial charge in [0, 0.05) is 32.7 Å². The third-order valence-electron chi connectivity index (χ3n) is 4.21. The van der Waals surface area contributed by atoms with Crippen LogP contribution in [0, 0.1) is 10.1 Å². The maximum atomic E-state index is 11.0. The Bertz CT molecular complexity index is 848. The molecule has 0 aromatic heterocycles. The van der Waals surface area contributed by atoms with E-state index in [1.54, 1.807) is 39.5 Å². The second kappa shape index (κ2) is 13.5. The van der Waals surface area contributed by atoms with E-state index in [1.165, 1.54) is 6.07 Å². The van der Waals surface area contributed by atoms with Crippen molar-refractivity contribution in [1.82, 2.24) is 10.6 Å². The van der Waals surface area contributed by atoms with Gasteiger partial charge in [-0.3, -0.25) is 15.1 Å². The number of aliphatic imine (C=N–C) groups is 1. The molecule has 164 valence electrons. The summed E-state index contributed by atoms with van der Waals surface area (Å²) >= 11 is 0. The van der Waals surface area contributed by atoms with Crippen molar-refractivity contribution in [2.24, 2.45) is 4.99 Å². The number of hydrogen-bond acceptors (Lipinski definition) is 6. The Kier molecular flexibility index (Phi) is 11.3. The highest BCUT2D eigenvalue weighted by molar-refractivity contribution is 14.0. The molecule has 0 unspecified atom stereocenters. The van der Waals surface area contributed by atoms with Gasteiger partial charge in [0.05, 0.1) is 19.1 Å². The molecule has 0 heterocycles. The molecule has 2 aromatic rings. The number of hydrogen-bond donors (Lipinski definition) is 3. The van der Waals surface area contributed by atoms with Gasteiger partial charge >= 0.3 is 0 Å². The van der Waals surface area contributed by atoms with E-state index in [0.29, 0.717) is 42.8 Å². The zero-order valence-corrected chi connectivity index (χ0v) is 19.6. The molecule has 9 nitrogen and oxygen atoms in total. The molecule has 0 aliphatic carbocycles. The maximum absolute atomic E-state index is 11.0. The van der Waals surface area contributed by atoms with E-state index < -0.39 is 4.92 Å². The monoisotopic (exact) mass is 529 g/mol. The highest BCUT2D eigenvalue weighted by atomic mass is 127. The number of nitrogens with one attached hydrogen (secondary N) is 3. The van der Waals surface area contributed by atoms with E-state index in [1.807, 2.05) is 18.2 Å². The Morgan fingerprint density at radius 2 is 1.73 bits per heavy atom. The van der Waals surface area contributed by atoms with Crippen LogP contribution in [0.25, 0.3) is 0 Å². The Balaban J connectivity index is 0.00000450. The van der Waals surface area contributed by atoms with E-state index in [2.05, 4.69) is 20.9 Å². The summed E-state index contributed by atoms with van der Waals surface area (Å²) in [6, 6.07) is 12.4. The quantitative estimate of drug-likeness (QED) is 0.108. The minimum absolute atomic E-state index is 0. The van der Waals surface area contributed by atoms with Gasteiger partial charge in [-0.1, -0.05) is 18.2 Å². The lowest BCUT2D eigenvalue weighted by atomic mass is 10.1. The van der Waals surface area contributed by atoms with Crippen LogP contribution in [-0.4, -0.2) is 51.8 Å². The van der Waals surface area contributed by atoms with Gasteiger partial charge in [0.1, 0.15) is 5.69 Å². The predicted molar refractivity (Wildman–Crippen MR) is 130 cm³/mol. The van der Waals surface area contributed by atoms with Crippen molar-refractivity contribution < 1.29 is 14.4 Å². The van der Waals surface area contributed by atoms with Crippen molar-refractivity contribution in [2.75, 3.05) is 46.2 Å². The van der Waals surface area contributed by atoms with Gasteiger partial charge in [-0.2, -0.15) is 0 Å². The summed E-state index contributed by atoms with van der Waals surface area (Å²) in [4.78, 5) is 14.8. The zero-order valence-electron chi connectivity index (χ0n) is 17.3. The Morgan fingerprint density at radius 3 is 2.40 bits per heavy atom. The first-order chi connectivity index (χ1) is 14.1. The number of para-hydroxylation sites is 2. The molecule has 0 amide bonds. The largest absolute Gasteiger partial charge is 0.493 e.